The van der Waals surface area contributed by atoms with E-state index in [1.807, 2.05) is 32.7 Å². The Morgan fingerprint density at radius 3 is 2.11 bits per heavy atom. The Bertz CT molecular complexity index is 1440. The lowest BCUT2D eigenvalue weighted by atomic mass is 9.84. The second-order valence-corrected chi connectivity index (χ2v) is 15.8. The molecule has 0 spiro atoms. The maximum Gasteiger partial charge on any atom is 0.244 e. The molecule has 1 heterocycles. The van der Waals surface area contributed by atoms with Crippen molar-refractivity contribution in [1.82, 2.24) is 30.2 Å². The van der Waals surface area contributed by atoms with Crippen molar-refractivity contribution in [2.24, 2.45) is 17.8 Å². The molecule has 0 radical (unpaired) electrons. The average Bonchev–Trinajstić information content (AvgIpc) is 3.50. The molecule has 0 aliphatic rings. The summed E-state index contributed by atoms with van der Waals surface area (Å²) >= 11 is 0. The van der Waals surface area contributed by atoms with E-state index in [0.29, 0.717) is 56.6 Å². The van der Waals surface area contributed by atoms with Crippen LogP contribution in [-0.4, -0.2) is 132 Å². The molecule has 15 heteroatoms. The van der Waals surface area contributed by atoms with Crippen LogP contribution in [0.2, 0.25) is 0 Å². The van der Waals surface area contributed by atoms with E-state index in [0.717, 1.165) is 28.2 Å². The van der Waals surface area contributed by atoms with Gasteiger partial charge in [-0.3, -0.25) is 14.4 Å². The predicted octanol–water partition coefficient (Wildman–Crippen LogP) is 2.17. The smallest absolute Gasteiger partial charge is 0.244 e. The van der Waals surface area contributed by atoms with E-state index < -0.39 is 21.9 Å². The van der Waals surface area contributed by atoms with E-state index in [-0.39, 0.29) is 34.1 Å². The zero-order valence-corrected chi connectivity index (χ0v) is 30.8. The number of rotatable bonds is 20. The average molecular weight is 682 g/mol. The molecule has 14 nitrogen and oxygen atoms in total. The van der Waals surface area contributed by atoms with Crippen LogP contribution in [0.4, 0.5) is 5.69 Å². The summed E-state index contributed by atoms with van der Waals surface area (Å²) in [7, 11) is 8.98. The first-order chi connectivity index (χ1) is 21.9. The molecular formula is C32H57N8O6S+. The largest absolute Gasteiger partial charge is 0.371 e. The number of anilines is 1. The molecule has 2 aromatic rings. The summed E-state index contributed by atoms with van der Waals surface area (Å²) in [6.07, 6.45) is 2.95. The molecule has 0 aliphatic heterocycles. The van der Waals surface area contributed by atoms with E-state index in [1.54, 1.807) is 18.0 Å². The third-order valence-electron chi connectivity index (χ3n) is 8.39. The van der Waals surface area contributed by atoms with Crippen molar-refractivity contribution in [1.29, 1.82) is 0 Å². The first-order valence-electron chi connectivity index (χ1n) is 16.4. The van der Waals surface area contributed by atoms with Crippen molar-refractivity contribution in [3.05, 3.63) is 12.1 Å². The Balaban J connectivity index is 2.12. The molecular weight excluding hydrogens is 624 g/mol. The molecule has 1 aromatic heterocycles. The van der Waals surface area contributed by atoms with Crippen LogP contribution in [0.3, 0.4) is 0 Å². The first kappa shape index (κ1) is 39.9. The van der Waals surface area contributed by atoms with Gasteiger partial charge in [0.05, 0.1) is 33.4 Å². The number of benzene rings is 1. The molecule has 3 unspecified atom stereocenters. The highest BCUT2D eigenvalue weighted by molar-refractivity contribution is 7.89. The van der Waals surface area contributed by atoms with Crippen LogP contribution in [0, 0.1) is 17.8 Å². The van der Waals surface area contributed by atoms with Crippen molar-refractivity contribution in [2.45, 2.75) is 57.8 Å². The van der Waals surface area contributed by atoms with E-state index in [1.165, 1.54) is 20.2 Å². The number of aromatic nitrogens is 2. The number of amides is 3. The molecule has 3 amide bonds. The van der Waals surface area contributed by atoms with Crippen LogP contribution in [0.25, 0.3) is 11.0 Å². The van der Waals surface area contributed by atoms with Crippen molar-refractivity contribution in [3.63, 3.8) is 0 Å². The van der Waals surface area contributed by atoms with Crippen LogP contribution in [0.5, 0.6) is 0 Å². The van der Waals surface area contributed by atoms with Crippen LogP contribution < -0.4 is 15.5 Å². The molecule has 0 aliphatic carbocycles. The standard InChI is InChI=1S/C32H56N8O6S/c1-11-16-33-30(41)24(12-2)22-25(31(42)34-17-13-20-40(8,9)10)21-23(3)32(43)39(7)19-18-38(6)26-14-15-27(47(44,45)37(4)5)29-28(26)35-46-36-29/h14-15,23-25H,11-13,16-22H2,1-10H3,(H-,33,34,41,42)/p+1. The molecule has 0 fully saturated rings. The number of sulfonamides is 1. The van der Waals surface area contributed by atoms with Gasteiger partial charge in [0.25, 0.3) is 0 Å². The zero-order chi connectivity index (χ0) is 35.5. The number of carbonyl (C=O) groups excluding carboxylic acids is 3. The Kier molecular flexibility index (Phi) is 15.0. The summed E-state index contributed by atoms with van der Waals surface area (Å²) < 4.78 is 32.3. The van der Waals surface area contributed by atoms with Gasteiger partial charge in [0.1, 0.15) is 4.90 Å². The highest BCUT2D eigenvalue weighted by Crippen LogP contribution is 2.30. The third-order valence-corrected chi connectivity index (χ3v) is 10.2. The van der Waals surface area contributed by atoms with Crippen molar-refractivity contribution < 1.29 is 31.9 Å². The zero-order valence-electron chi connectivity index (χ0n) is 30.0. The van der Waals surface area contributed by atoms with E-state index in [4.69, 9.17) is 4.63 Å². The van der Waals surface area contributed by atoms with Crippen LogP contribution in [0.1, 0.15) is 52.9 Å². The second-order valence-electron chi connectivity index (χ2n) is 13.6. The molecule has 2 rings (SSSR count). The van der Waals surface area contributed by atoms with Crippen molar-refractivity contribution in [2.75, 3.05) is 87.0 Å². The number of hydrogen-bond acceptors (Lipinski definition) is 9. The lowest BCUT2D eigenvalue weighted by Gasteiger charge is -2.28. The van der Waals surface area contributed by atoms with E-state index in [9.17, 15) is 22.8 Å². The van der Waals surface area contributed by atoms with Gasteiger partial charge >= 0.3 is 0 Å². The summed E-state index contributed by atoms with van der Waals surface area (Å²) in [4.78, 5) is 43.3. The Morgan fingerprint density at radius 1 is 0.894 bits per heavy atom. The lowest BCUT2D eigenvalue weighted by molar-refractivity contribution is -0.870. The van der Waals surface area contributed by atoms with Crippen molar-refractivity contribution in [3.8, 4) is 0 Å². The molecule has 0 saturated heterocycles. The minimum absolute atomic E-state index is 0.00265. The van der Waals surface area contributed by atoms with Gasteiger partial charge in [-0.15, -0.1) is 0 Å². The second kappa shape index (κ2) is 17.7. The lowest BCUT2D eigenvalue weighted by Crippen LogP contribution is -2.42. The topological polar surface area (TPSA) is 158 Å². The number of quaternary nitrogens is 1. The number of hydrogen-bond donors (Lipinski definition) is 2. The number of nitrogens with zero attached hydrogens (tertiary/aromatic N) is 6. The van der Waals surface area contributed by atoms with Crippen LogP contribution in [-0.2, 0) is 24.4 Å². The fraction of sp³-hybridized carbons (Fsp3) is 0.719. The van der Waals surface area contributed by atoms with E-state index in [2.05, 4.69) is 42.1 Å². The number of nitrogens with one attached hydrogen (secondary N) is 2. The highest BCUT2D eigenvalue weighted by atomic mass is 32.2. The van der Waals surface area contributed by atoms with Gasteiger partial charge in [-0.1, -0.05) is 20.8 Å². The maximum atomic E-state index is 13.5. The van der Waals surface area contributed by atoms with E-state index >= 15 is 0 Å². The van der Waals surface area contributed by atoms with Gasteiger partial charge in [0.2, 0.25) is 27.7 Å². The highest BCUT2D eigenvalue weighted by Gasteiger charge is 2.31. The quantitative estimate of drug-likeness (QED) is 0.158. The summed E-state index contributed by atoms with van der Waals surface area (Å²) in [5, 5.41) is 13.8. The van der Waals surface area contributed by atoms with Crippen LogP contribution >= 0.6 is 0 Å². The maximum absolute atomic E-state index is 13.5. The SMILES string of the molecule is CCCNC(=O)C(CC)CC(CC(C)C(=O)N(C)CCN(C)c1ccc(S(=O)(=O)N(C)C)c2nonc12)C(=O)NCCC[N+](C)(C)C. The predicted molar refractivity (Wildman–Crippen MR) is 183 cm³/mol. The fourth-order valence-electron chi connectivity index (χ4n) is 5.39. The summed E-state index contributed by atoms with van der Waals surface area (Å²) in [5.41, 5.74) is 1.06. The summed E-state index contributed by atoms with van der Waals surface area (Å²) in [6, 6.07) is 3.13. The third kappa shape index (κ3) is 11.4. The van der Waals surface area contributed by atoms with Crippen LogP contribution in [0.15, 0.2) is 21.7 Å². The molecule has 47 heavy (non-hydrogen) atoms. The van der Waals surface area contributed by atoms with Gasteiger partial charge in [0.15, 0.2) is 11.0 Å². The normalized spacial score (nSPS) is 14.1. The molecule has 1 aromatic carbocycles. The van der Waals surface area contributed by atoms with Gasteiger partial charge < -0.3 is 24.9 Å². The molecule has 266 valence electrons. The number of carbonyl (C=O) groups is 3. The minimum atomic E-state index is -3.76. The number of fused-ring (bicyclic) bond motifs is 1. The molecule has 3 atom stereocenters. The summed E-state index contributed by atoms with van der Waals surface area (Å²) in [5.74, 6) is -1.55. The Hall–Kier alpha value is -3.30. The van der Waals surface area contributed by atoms with Gasteiger partial charge in [-0.05, 0) is 48.1 Å². The molecule has 0 saturated carbocycles. The van der Waals surface area contributed by atoms with Gasteiger partial charge in [-0.2, -0.15) is 0 Å². The number of likely N-dealkylation sites (N-methyl/N-ethyl adjacent to an activating group) is 2. The monoisotopic (exact) mass is 681 g/mol. The summed E-state index contributed by atoms with van der Waals surface area (Å²) in [6.45, 7) is 8.59. The van der Waals surface area contributed by atoms with Crippen molar-refractivity contribution >= 4 is 44.5 Å². The Morgan fingerprint density at radius 2 is 1.51 bits per heavy atom. The fourth-order valence-corrected chi connectivity index (χ4v) is 6.40. The first-order valence-corrected chi connectivity index (χ1v) is 17.9. The molecule has 0 bridgehead atoms. The molecule has 2 N–H and O–H groups in total. The minimum Gasteiger partial charge on any atom is -0.371 e. The van der Waals surface area contributed by atoms with Gasteiger partial charge in [-0.25, -0.2) is 17.4 Å². The van der Waals surface area contributed by atoms with Gasteiger partial charge in [0, 0.05) is 78.5 Å². The Labute approximate surface area is 280 Å².